The van der Waals surface area contributed by atoms with Crippen LogP contribution in [0.5, 0.6) is 0 Å². The Morgan fingerprint density at radius 1 is 0.413 bits per heavy atom. The van der Waals surface area contributed by atoms with Crippen molar-refractivity contribution in [2.24, 2.45) is 0 Å². The van der Waals surface area contributed by atoms with Gasteiger partial charge >= 0.3 is 0 Å². The second-order valence-electron chi connectivity index (χ2n) is 11.9. The number of thioether (sulfide) groups is 1. The van der Waals surface area contributed by atoms with Crippen LogP contribution >= 0.6 is 11.8 Å². The van der Waals surface area contributed by atoms with E-state index in [1.807, 2.05) is 23.9 Å². The van der Waals surface area contributed by atoms with Gasteiger partial charge in [-0.1, -0.05) is 109 Å². The van der Waals surface area contributed by atoms with Crippen molar-refractivity contribution in [3.63, 3.8) is 0 Å². The molecule has 218 valence electrons. The van der Waals surface area contributed by atoms with E-state index in [2.05, 4.69) is 140 Å². The standard InChI is InChI=1S/C43H29NOS/c1-3-9-28(10-4-1)40-24-35(25-41(44-40)29-11-5-2-6-12-29)32-16-18-34-27-46-26-33-17-15-30(21-37(33)38(34)22-32)31-19-20-43-39(23-31)36-13-7-8-14-42(36)45-43/h1-25H,26-27H2. The SMILES string of the molecule is c1ccc(-c2cc(-c3ccc4c(c3)-c3cc(-c5ccc6oc7ccccc7c6c5)ccc3CSC4)cc(-c3ccccc3)n2)cc1. The van der Waals surface area contributed by atoms with Gasteiger partial charge in [-0.05, 0) is 87.0 Å². The minimum atomic E-state index is 0.924. The zero-order chi connectivity index (χ0) is 30.5. The largest absolute Gasteiger partial charge is 0.456 e. The van der Waals surface area contributed by atoms with Gasteiger partial charge in [0, 0.05) is 33.4 Å². The highest BCUT2D eigenvalue weighted by molar-refractivity contribution is 7.97. The number of benzene rings is 6. The monoisotopic (exact) mass is 607 g/mol. The molecule has 0 saturated heterocycles. The van der Waals surface area contributed by atoms with Crippen molar-refractivity contribution in [1.82, 2.24) is 4.98 Å². The van der Waals surface area contributed by atoms with Gasteiger partial charge in [0.1, 0.15) is 11.2 Å². The van der Waals surface area contributed by atoms with Crippen LogP contribution < -0.4 is 0 Å². The number of fused-ring (bicyclic) bond motifs is 6. The lowest BCUT2D eigenvalue weighted by Crippen LogP contribution is -1.93. The summed E-state index contributed by atoms with van der Waals surface area (Å²) in [7, 11) is 0. The van der Waals surface area contributed by atoms with E-state index in [0.29, 0.717) is 0 Å². The average Bonchev–Trinajstić information content (AvgIpc) is 3.40. The van der Waals surface area contributed by atoms with Crippen LogP contribution in [0.1, 0.15) is 11.1 Å². The molecule has 9 rings (SSSR count). The van der Waals surface area contributed by atoms with E-state index in [1.54, 1.807) is 0 Å². The lowest BCUT2D eigenvalue weighted by molar-refractivity contribution is 0.669. The molecule has 1 aliphatic heterocycles. The molecule has 6 aromatic carbocycles. The molecule has 2 nitrogen and oxygen atoms in total. The molecular formula is C43H29NOS. The van der Waals surface area contributed by atoms with Crippen LogP contribution in [0, 0.1) is 0 Å². The maximum Gasteiger partial charge on any atom is 0.135 e. The van der Waals surface area contributed by atoms with Crippen molar-refractivity contribution in [2.45, 2.75) is 11.5 Å². The van der Waals surface area contributed by atoms with E-state index in [9.17, 15) is 0 Å². The molecule has 0 atom stereocenters. The molecule has 1 aliphatic rings. The summed E-state index contributed by atoms with van der Waals surface area (Å²) in [6.45, 7) is 0. The first-order valence-electron chi connectivity index (χ1n) is 15.7. The lowest BCUT2D eigenvalue weighted by atomic mass is 9.90. The molecule has 8 aromatic rings. The first kappa shape index (κ1) is 27.0. The molecule has 0 fully saturated rings. The van der Waals surface area contributed by atoms with Crippen molar-refractivity contribution in [3.05, 3.63) is 163 Å². The van der Waals surface area contributed by atoms with E-state index in [4.69, 9.17) is 9.40 Å². The molecule has 0 radical (unpaired) electrons. The summed E-state index contributed by atoms with van der Waals surface area (Å²) in [4.78, 5) is 5.11. The maximum atomic E-state index is 6.12. The number of para-hydroxylation sites is 1. The minimum absolute atomic E-state index is 0.924. The number of rotatable bonds is 4. The second kappa shape index (κ2) is 11.2. The molecule has 2 aromatic heterocycles. The van der Waals surface area contributed by atoms with Gasteiger partial charge in [-0.25, -0.2) is 4.98 Å². The first-order valence-corrected chi connectivity index (χ1v) is 16.8. The lowest BCUT2D eigenvalue weighted by Gasteiger charge is -2.15. The fourth-order valence-electron chi connectivity index (χ4n) is 6.65. The van der Waals surface area contributed by atoms with Gasteiger partial charge in [0.25, 0.3) is 0 Å². The fraction of sp³-hybridized carbons (Fsp3) is 0.0465. The summed E-state index contributed by atoms with van der Waals surface area (Å²) in [5.74, 6) is 1.99. The molecule has 0 unspecified atom stereocenters. The zero-order valence-electron chi connectivity index (χ0n) is 25.1. The van der Waals surface area contributed by atoms with Crippen LogP contribution in [-0.4, -0.2) is 4.98 Å². The second-order valence-corrected chi connectivity index (χ2v) is 12.9. The molecule has 0 spiro atoms. The molecule has 3 heterocycles. The highest BCUT2D eigenvalue weighted by atomic mass is 32.2. The Morgan fingerprint density at radius 3 is 1.59 bits per heavy atom. The molecule has 46 heavy (non-hydrogen) atoms. The first-order chi connectivity index (χ1) is 22.8. The summed E-state index contributed by atoms with van der Waals surface area (Å²) >= 11 is 1.99. The van der Waals surface area contributed by atoms with E-state index >= 15 is 0 Å². The van der Waals surface area contributed by atoms with Gasteiger partial charge in [0.2, 0.25) is 0 Å². The summed E-state index contributed by atoms with van der Waals surface area (Å²) in [5.41, 5.74) is 16.2. The quantitative estimate of drug-likeness (QED) is 0.199. The minimum Gasteiger partial charge on any atom is -0.456 e. The third-order valence-corrected chi connectivity index (χ3v) is 10.1. The topological polar surface area (TPSA) is 26.0 Å². The van der Waals surface area contributed by atoms with Crippen LogP contribution in [0.2, 0.25) is 0 Å². The summed E-state index contributed by atoms with van der Waals surface area (Å²) in [6, 6.07) is 54.3. The number of pyridine rings is 1. The van der Waals surface area contributed by atoms with Gasteiger partial charge in [0.05, 0.1) is 11.4 Å². The van der Waals surface area contributed by atoms with E-state index < -0.39 is 0 Å². The third kappa shape index (κ3) is 4.81. The molecule has 0 N–H and O–H groups in total. The molecule has 0 aliphatic carbocycles. The van der Waals surface area contributed by atoms with Crippen LogP contribution in [0.15, 0.2) is 156 Å². The molecule has 0 saturated carbocycles. The average molecular weight is 608 g/mol. The summed E-state index contributed by atoms with van der Waals surface area (Å²) in [5, 5.41) is 2.31. The van der Waals surface area contributed by atoms with Gasteiger partial charge in [-0.3, -0.25) is 0 Å². The summed E-state index contributed by atoms with van der Waals surface area (Å²) in [6.07, 6.45) is 0. The highest BCUT2D eigenvalue weighted by Gasteiger charge is 2.18. The predicted octanol–water partition coefficient (Wildman–Crippen LogP) is 12.1. The van der Waals surface area contributed by atoms with Crippen molar-refractivity contribution >= 4 is 33.7 Å². The Kier molecular flexibility index (Phi) is 6.57. The van der Waals surface area contributed by atoms with Gasteiger partial charge < -0.3 is 4.42 Å². The Morgan fingerprint density at radius 2 is 0.935 bits per heavy atom. The fourth-order valence-corrected chi connectivity index (χ4v) is 7.70. The Balaban J connectivity index is 1.18. The number of furan rings is 1. The van der Waals surface area contributed by atoms with Gasteiger partial charge in [-0.2, -0.15) is 11.8 Å². The van der Waals surface area contributed by atoms with Crippen molar-refractivity contribution in [2.75, 3.05) is 0 Å². The number of nitrogens with zero attached hydrogens (tertiary/aromatic N) is 1. The van der Waals surface area contributed by atoms with Gasteiger partial charge in [-0.15, -0.1) is 0 Å². The zero-order valence-corrected chi connectivity index (χ0v) is 25.9. The van der Waals surface area contributed by atoms with E-state index in [0.717, 1.165) is 56.0 Å². The maximum absolute atomic E-state index is 6.12. The Labute approximate surface area is 272 Å². The molecule has 0 amide bonds. The predicted molar refractivity (Wildman–Crippen MR) is 194 cm³/mol. The van der Waals surface area contributed by atoms with Crippen molar-refractivity contribution in [1.29, 1.82) is 0 Å². The molecule has 0 bridgehead atoms. The van der Waals surface area contributed by atoms with E-state index in [-0.39, 0.29) is 0 Å². The van der Waals surface area contributed by atoms with Crippen molar-refractivity contribution < 1.29 is 4.42 Å². The molecule has 3 heteroatoms. The highest BCUT2D eigenvalue weighted by Crippen LogP contribution is 2.42. The van der Waals surface area contributed by atoms with Gasteiger partial charge in [0.15, 0.2) is 0 Å². The van der Waals surface area contributed by atoms with Crippen molar-refractivity contribution in [3.8, 4) is 55.9 Å². The smallest absolute Gasteiger partial charge is 0.135 e. The normalized spacial score (nSPS) is 12.5. The number of hydrogen-bond donors (Lipinski definition) is 0. The number of hydrogen-bond acceptors (Lipinski definition) is 3. The van der Waals surface area contributed by atoms with Crippen LogP contribution in [0.4, 0.5) is 0 Å². The summed E-state index contributed by atoms with van der Waals surface area (Å²) < 4.78 is 6.12. The number of aromatic nitrogens is 1. The van der Waals surface area contributed by atoms with Crippen LogP contribution in [0.3, 0.4) is 0 Å². The Bertz CT molecular complexity index is 2330. The van der Waals surface area contributed by atoms with E-state index in [1.165, 1.54) is 44.5 Å². The van der Waals surface area contributed by atoms with Crippen LogP contribution in [0.25, 0.3) is 77.8 Å². The third-order valence-electron chi connectivity index (χ3n) is 9.03. The molecular weight excluding hydrogens is 579 g/mol. The Hall–Kier alpha value is -5.38. The van der Waals surface area contributed by atoms with Crippen LogP contribution in [-0.2, 0) is 11.5 Å².